The normalized spacial score (nSPS) is 9.56. The molecule has 2 N–H and O–H groups in total. The monoisotopic (exact) mass is 244 g/mol. The molecular formula is C15H20N2O. The van der Waals surface area contributed by atoms with E-state index in [0.717, 1.165) is 11.1 Å². The summed E-state index contributed by atoms with van der Waals surface area (Å²) in [5.74, 6) is 5.80. The number of carbonyl (C=O) groups excluding carboxylic acids is 1. The van der Waals surface area contributed by atoms with Crippen molar-refractivity contribution in [3.05, 3.63) is 34.9 Å². The van der Waals surface area contributed by atoms with Crippen LogP contribution in [0, 0.1) is 18.8 Å². The molecule has 3 heteroatoms. The van der Waals surface area contributed by atoms with Gasteiger partial charge in [-0.25, -0.2) is 0 Å². The van der Waals surface area contributed by atoms with Gasteiger partial charge in [0.15, 0.2) is 0 Å². The molecule has 1 aromatic carbocycles. The predicted molar refractivity (Wildman–Crippen MR) is 74.4 cm³/mol. The lowest BCUT2D eigenvalue weighted by Gasteiger charge is -2.19. The Labute approximate surface area is 109 Å². The maximum Gasteiger partial charge on any atom is 0.255 e. The highest BCUT2D eigenvalue weighted by Gasteiger charge is 2.15. The van der Waals surface area contributed by atoms with Crippen LogP contribution < -0.4 is 5.73 Å². The number of hydrogen-bond acceptors (Lipinski definition) is 2. The molecule has 0 unspecified atom stereocenters. The SMILES string of the molecule is CCN(CC)C(=O)c1cc(C)ccc1C#CCN. The van der Waals surface area contributed by atoms with Gasteiger partial charge in [-0.2, -0.15) is 0 Å². The van der Waals surface area contributed by atoms with Crippen LogP contribution in [0.15, 0.2) is 18.2 Å². The molecule has 0 atom stereocenters. The zero-order chi connectivity index (χ0) is 13.5. The van der Waals surface area contributed by atoms with E-state index in [4.69, 9.17) is 5.73 Å². The van der Waals surface area contributed by atoms with Gasteiger partial charge in [0.2, 0.25) is 0 Å². The molecule has 0 spiro atoms. The molecule has 0 heterocycles. The van der Waals surface area contributed by atoms with Gasteiger partial charge in [0, 0.05) is 18.7 Å². The maximum atomic E-state index is 12.4. The fourth-order valence-electron chi connectivity index (χ4n) is 1.77. The summed E-state index contributed by atoms with van der Waals surface area (Å²) in [7, 11) is 0. The van der Waals surface area contributed by atoms with Crippen LogP contribution in [0.25, 0.3) is 0 Å². The highest BCUT2D eigenvalue weighted by molar-refractivity contribution is 5.97. The van der Waals surface area contributed by atoms with E-state index >= 15 is 0 Å². The molecule has 1 amide bonds. The van der Waals surface area contributed by atoms with Gasteiger partial charge >= 0.3 is 0 Å². The quantitative estimate of drug-likeness (QED) is 0.824. The van der Waals surface area contributed by atoms with Crippen molar-refractivity contribution in [3.63, 3.8) is 0 Å². The summed E-state index contributed by atoms with van der Waals surface area (Å²) in [5, 5.41) is 0. The zero-order valence-electron chi connectivity index (χ0n) is 11.3. The fraction of sp³-hybridized carbons (Fsp3) is 0.400. The van der Waals surface area contributed by atoms with Gasteiger partial charge in [-0.3, -0.25) is 4.79 Å². The molecule has 0 radical (unpaired) electrons. The van der Waals surface area contributed by atoms with E-state index in [1.165, 1.54) is 0 Å². The summed E-state index contributed by atoms with van der Waals surface area (Å²) >= 11 is 0. The standard InChI is InChI=1S/C15H20N2O/c1-4-17(5-2)15(18)14-11-12(3)8-9-13(14)7-6-10-16/h8-9,11H,4-5,10,16H2,1-3H3. The third-order valence-electron chi connectivity index (χ3n) is 2.78. The largest absolute Gasteiger partial charge is 0.339 e. The Kier molecular flexibility index (Phi) is 5.41. The van der Waals surface area contributed by atoms with Crippen molar-refractivity contribution in [1.29, 1.82) is 0 Å². The Hall–Kier alpha value is -1.79. The second kappa shape index (κ2) is 6.83. The number of carbonyl (C=O) groups is 1. The third kappa shape index (κ3) is 3.35. The van der Waals surface area contributed by atoms with Crippen LogP contribution in [0.1, 0.15) is 35.3 Å². The lowest BCUT2D eigenvalue weighted by molar-refractivity contribution is 0.0772. The highest BCUT2D eigenvalue weighted by atomic mass is 16.2. The summed E-state index contributed by atoms with van der Waals surface area (Å²) in [4.78, 5) is 14.2. The summed E-state index contributed by atoms with van der Waals surface area (Å²) in [5.41, 5.74) is 7.85. The third-order valence-corrected chi connectivity index (χ3v) is 2.78. The number of rotatable bonds is 3. The van der Waals surface area contributed by atoms with Gasteiger partial charge in [0.05, 0.1) is 12.1 Å². The van der Waals surface area contributed by atoms with Gasteiger partial charge in [-0.05, 0) is 32.9 Å². The summed E-state index contributed by atoms with van der Waals surface area (Å²) < 4.78 is 0. The van der Waals surface area contributed by atoms with Crippen LogP contribution in [0.3, 0.4) is 0 Å². The van der Waals surface area contributed by atoms with Crippen molar-refractivity contribution in [2.75, 3.05) is 19.6 Å². The van der Waals surface area contributed by atoms with Gasteiger partial charge < -0.3 is 10.6 Å². The van der Waals surface area contributed by atoms with E-state index < -0.39 is 0 Å². The number of hydrogen-bond donors (Lipinski definition) is 1. The minimum Gasteiger partial charge on any atom is -0.339 e. The number of benzene rings is 1. The number of amides is 1. The Bertz CT molecular complexity index is 479. The van der Waals surface area contributed by atoms with Crippen LogP contribution in [0.4, 0.5) is 0 Å². The topological polar surface area (TPSA) is 46.3 Å². The van der Waals surface area contributed by atoms with Gasteiger partial charge in [0.1, 0.15) is 0 Å². The van der Waals surface area contributed by atoms with E-state index in [1.54, 1.807) is 4.90 Å². The molecule has 3 nitrogen and oxygen atoms in total. The molecule has 0 bridgehead atoms. The van der Waals surface area contributed by atoms with Gasteiger partial charge in [0.25, 0.3) is 5.91 Å². The van der Waals surface area contributed by atoms with E-state index in [-0.39, 0.29) is 5.91 Å². The molecule has 1 rings (SSSR count). The van der Waals surface area contributed by atoms with Crippen LogP contribution in [-0.4, -0.2) is 30.4 Å². The number of aryl methyl sites for hydroxylation is 1. The molecule has 96 valence electrons. The van der Waals surface area contributed by atoms with Crippen molar-refractivity contribution in [1.82, 2.24) is 4.90 Å². The van der Waals surface area contributed by atoms with Crippen molar-refractivity contribution in [2.45, 2.75) is 20.8 Å². The minimum atomic E-state index is 0.0324. The van der Waals surface area contributed by atoms with Gasteiger partial charge in [-0.15, -0.1) is 0 Å². The van der Waals surface area contributed by atoms with Crippen molar-refractivity contribution in [3.8, 4) is 11.8 Å². The zero-order valence-corrected chi connectivity index (χ0v) is 11.3. The molecule has 0 saturated carbocycles. The van der Waals surface area contributed by atoms with Crippen LogP contribution in [-0.2, 0) is 0 Å². The molecular weight excluding hydrogens is 224 g/mol. The van der Waals surface area contributed by atoms with Crippen molar-refractivity contribution in [2.24, 2.45) is 5.73 Å². The maximum absolute atomic E-state index is 12.4. The first kappa shape index (κ1) is 14.3. The Morgan fingerprint density at radius 2 is 2.00 bits per heavy atom. The van der Waals surface area contributed by atoms with Crippen LogP contribution >= 0.6 is 0 Å². The van der Waals surface area contributed by atoms with Gasteiger partial charge in [-0.1, -0.05) is 23.5 Å². The van der Waals surface area contributed by atoms with Crippen LogP contribution in [0.2, 0.25) is 0 Å². The highest BCUT2D eigenvalue weighted by Crippen LogP contribution is 2.13. The molecule has 0 aliphatic carbocycles. The molecule has 0 fully saturated rings. The summed E-state index contributed by atoms with van der Waals surface area (Å²) in [6.45, 7) is 7.62. The minimum absolute atomic E-state index is 0.0324. The van der Waals surface area contributed by atoms with Crippen molar-refractivity contribution < 1.29 is 4.79 Å². The van der Waals surface area contributed by atoms with Crippen molar-refractivity contribution >= 4 is 5.91 Å². The first-order valence-corrected chi connectivity index (χ1v) is 6.22. The van der Waals surface area contributed by atoms with E-state index in [1.807, 2.05) is 39.0 Å². The predicted octanol–water partition coefficient (Wildman–Crippen LogP) is 1.79. The molecule has 0 aromatic heterocycles. The summed E-state index contributed by atoms with van der Waals surface area (Å²) in [6, 6.07) is 5.73. The number of nitrogens with two attached hydrogens (primary N) is 1. The van der Waals surface area contributed by atoms with E-state index in [2.05, 4.69) is 11.8 Å². The van der Waals surface area contributed by atoms with Crippen LogP contribution in [0.5, 0.6) is 0 Å². The lowest BCUT2D eigenvalue weighted by Crippen LogP contribution is -2.31. The molecule has 0 saturated heterocycles. The Balaban J connectivity index is 3.20. The first-order chi connectivity index (χ1) is 8.63. The summed E-state index contributed by atoms with van der Waals surface area (Å²) in [6.07, 6.45) is 0. The molecule has 0 aliphatic rings. The Morgan fingerprint density at radius 3 is 2.56 bits per heavy atom. The first-order valence-electron chi connectivity index (χ1n) is 6.22. The fourth-order valence-corrected chi connectivity index (χ4v) is 1.77. The second-order valence-corrected chi connectivity index (χ2v) is 4.03. The average molecular weight is 244 g/mol. The second-order valence-electron chi connectivity index (χ2n) is 4.03. The molecule has 0 aliphatic heterocycles. The molecule has 18 heavy (non-hydrogen) atoms. The molecule has 1 aromatic rings. The lowest BCUT2D eigenvalue weighted by atomic mass is 10.0. The average Bonchev–Trinajstić information content (AvgIpc) is 2.38. The Morgan fingerprint density at radius 1 is 1.33 bits per heavy atom. The number of nitrogens with zero attached hydrogens (tertiary/aromatic N) is 1. The van der Waals surface area contributed by atoms with E-state index in [9.17, 15) is 4.79 Å². The smallest absolute Gasteiger partial charge is 0.255 e. The van der Waals surface area contributed by atoms with E-state index in [0.29, 0.717) is 25.2 Å².